The summed E-state index contributed by atoms with van der Waals surface area (Å²) in [5.41, 5.74) is 2.74. The molecule has 0 saturated carbocycles. The number of rotatable bonds is 7. The summed E-state index contributed by atoms with van der Waals surface area (Å²) in [5.74, 6) is -0.768. The molecule has 1 heterocycles. The number of amides is 1. The van der Waals surface area contributed by atoms with Gasteiger partial charge in [-0.3, -0.25) is 9.52 Å². The molecular formula is C24H21FN4O3S. The molecule has 7 nitrogen and oxygen atoms in total. The fraction of sp³-hybridized carbons (Fsp3) is 0.0833. The van der Waals surface area contributed by atoms with E-state index in [1.807, 2.05) is 35.0 Å². The van der Waals surface area contributed by atoms with Gasteiger partial charge in [0.2, 0.25) is 0 Å². The van der Waals surface area contributed by atoms with Crippen LogP contribution in [0.25, 0.3) is 5.69 Å². The third-order valence-corrected chi connectivity index (χ3v) is 6.43. The molecule has 4 aromatic rings. The average Bonchev–Trinajstić information content (AvgIpc) is 3.34. The Balaban J connectivity index is 1.42. The van der Waals surface area contributed by atoms with E-state index in [9.17, 15) is 17.6 Å². The van der Waals surface area contributed by atoms with E-state index in [1.54, 1.807) is 12.5 Å². The predicted octanol–water partition coefficient (Wildman–Crippen LogP) is 4.05. The van der Waals surface area contributed by atoms with Gasteiger partial charge in [-0.25, -0.2) is 17.8 Å². The molecule has 2 N–H and O–H groups in total. The van der Waals surface area contributed by atoms with Crippen molar-refractivity contribution < 1.29 is 17.6 Å². The van der Waals surface area contributed by atoms with Crippen molar-refractivity contribution in [3.8, 4) is 5.69 Å². The first kappa shape index (κ1) is 22.2. The Hall–Kier alpha value is -3.98. The van der Waals surface area contributed by atoms with Gasteiger partial charge in [0.25, 0.3) is 15.9 Å². The van der Waals surface area contributed by atoms with E-state index in [2.05, 4.69) is 15.0 Å². The first-order valence-corrected chi connectivity index (χ1v) is 11.6. The maximum atomic E-state index is 13.4. The molecule has 4 rings (SSSR count). The second-order valence-corrected chi connectivity index (χ2v) is 9.06. The van der Waals surface area contributed by atoms with Crippen LogP contribution in [-0.4, -0.2) is 23.9 Å². The molecular weight excluding hydrogens is 443 g/mol. The second kappa shape index (κ2) is 9.25. The third kappa shape index (κ3) is 5.09. The number of nitrogens with zero attached hydrogens (tertiary/aromatic N) is 2. The minimum absolute atomic E-state index is 0.0419. The lowest BCUT2D eigenvalue weighted by Gasteiger charge is -2.12. The molecule has 0 atom stereocenters. The second-order valence-electron chi connectivity index (χ2n) is 7.38. The molecule has 0 aliphatic rings. The summed E-state index contributed by atoms with van der Waals surface area (Å²) in [6, 6.07) is 17.3. The summed E-state index contributed by atoms with van der Waals surface area (Å²) >= 11 is 0. The molecule has 0 aliphatic carbocycles. The predicted molar refractivity (Wildman–Crippen MR) is 123 cm³/mol. The fourth-order valence-corrected chi connectivity index (χ4v) is 4.42. The molecule has 1 amide bonds. The number of sulfonamides is 1. The van der Waals surface area contributed by atoms with Crippen molar-refractivity contribution in [1.82, 2.24) is 14.9 Å². The molecule has 0 bridgehead atoms. The molecule has 1 aromatic heterocycles. The third-order valence-electron chi connectivity index (χ3n) is 5.05. The Bertz CT molecular complexity index is 1390. The van der Waals surface area contributed by atoms with Crippen molar-refractivity contribution >= 4 is 21.6 Å². The number of carbonyl (C=O) groups is 1. The molecule has 3 aromatic carbocycles. The lowest BCUT2D eigenvalue weighted by Crippen LogP contribution is -2.23. The van der Waals surface area contributed by atoms with Crippen LogP contribution in [0.3, 0.4) is 0 Å². The largest absolute Gasteiger partial charge is 0.348 e. The maximum absolute atomic E-state index is 13.4. The summed E-state index contributed by atoms with van der Waals surface area (Å²) in [5, 5.41) is 2.88. The zero-order chi connectivity index (χ0) is 23.4. The van der Waals surface area contributed by atoms with Gasteiger partial charge in [-0.2, -0.15) is 0 Å². The zero-order valence-electron chi connectivity index (χ0n) is 17.7. The van der Waals surface area contributed by atoms with Gasteiger partial charge in [0.1, 0.15) is 5.82 Å². The highest BCUT2D eigenvalue weighted by molar-refractivity contribution is 7.92. The topological polar surface area (TPSA) is 93.1 Å². The quantitative estimate of drug-likeness (QED) is 0.432. The lowest BCUT2D eigenvalue weighted by atomic mass is 10.1. The smallest absolute Gasteiger partial charge is 0.261 e. The van der Waals surface area contributed by atoms with E-state index in [0.717, 1.165) is 17.3 Å². The average molecular weight is 465 g/mol. The number of para-hydroxylation sites is 1. The SMILES string of the molecule is Cc1cc(S(=O)(=O)Nc2ccc(C(=O)NCc3ccccc3-n3ccnc3)cc2)ccc1F. The first-order chi connectivity index (χ1) is 15.8. The number of carbonyl (C=O) groups excluding carboxylic acids is 1. The van der Waals surface area contributed by atoms with Crippen LogP contribution in [0, 0.1) is 12.7 Å². The molecule has 33 heavy (non-hydrogen) atoms. The number of halogens is 1. The van der Waals surface area contributed by atoms with Crippen LogP contribution >= 0.6 is 0 Å². The van der Waals surface area contributed by atoms with E-state index >= 15 is 0 Å². The van der Waals surface area contributed by atoms with Crippen LogP contribution in [0.2, 0.25) is 0 Å². The number of benzene rings is 3. The van der Waals surface area contributed by atoms with E-state index < -0.39 is 15.8 Å². The number of hydrogen-bond donors (Lipinski definition) is 2. The van der Waals surface area contributed by atoms with Crippen LogP contribution in [-0.2, 0) is 16.6 Å². The summed E-state index contributed by atoms with van der Waals surface area (Å²) in [4.78, 5) is 16.6. The normalized spacial score (nSPS) is 11.2. The molecule has 0 radical (unpaired) electrons. The van der Waals surface area contributed by atoms with Gasteiger partial charge in [-0.15, -0.1) is 0 Å². The van der Waals surface area contributed by atoms with Gasteiger partial charge >= 0.3 is 0 Å². The number of aromatic nitrogens is 2. The molecule has 9 heteroatoms. The Kier molecular flexibility index (Phi) is 6.23. The molecule has 0 fully saturated rings. The van der Waals surface area contributed by atoms with Crippen LogP contribution in [0.4, 0.5) is 10.1 Å². The Morgan fingerprint density at radius 3 is 2.52 bits per heavy atom. The number of anilines is 1. The van der Waals surface area contributed by atoms with Crippen molar-refractivity contribution in [3.63, 3.8) is 0 Å². The van der Waals surface area contributed by atoms with Crippen molar-refractivity contribution in [2.24, 2.45) is 0 Å². The Morgan fingerprint density at radius 1 is 1.06 bits per heavy atom. The minimum atomic E-state index is -3.88. The van der Waals surface area contributed by atoms with E-state index in [4.69, 9.17) is 0 Å². The van der Waals surface area contributed by atoms with Crippen LogP contribution in [0.5, 0.6) is 0 Å². The first-order valence-electron chi connectivity index (χ1n) is 10.1. The summed E-state index contributed by atoms with van der Waals surface area (Å²) in [7, 11) is -3.88. The monoisotopic (exact) mass is 464 g/mol. The highest BCUT2D eigenvalue weighted by Crippen LogP contribution is 2.19. The minimum Gasteiger partial charge on any atom is -0.348 e. The molecule has 0 unspecified atom stereocenters. The summed E-state index contributed by atoms with van der Waals surface area (Å²) in [6.07, 6.45) is 5.20. The maximum Gasteiger partial charge on any atom is 0.261 e. The number of hydrogen-bond acceptors (Lipinski definition) is 4. The van der Waals surface area contributed by atoms with Gasteiger partial charge in [0, 0.05) is 30.2 Å². The van der Waals surface area contributed by atoms with Gasteiger partial charge in [-0.05, 0) is 66.6 Å². The van der Waals surface area contributed by atoms with E-state index in [0.29, 0.717) is 17.8 Å². The van der Waals surface area contributed by atoms with E-state index in [1.165, 1.54) is 43.3 Å². The van der Waals surface area contributed by atoms with Crippen LogP contribution in [0.15, 0.2) is 90.3 Å². The van der Waals surface area contributed by atoms with Crippen LogP contribution < -0.4 is 10.0 Å². The zero-order valence-corrected chi connectivity index (χ0v) is 18.5. The fourth-order valence-electron chi connectivity index (χ4n) is 3.28. The van der Waals surface area contributed by atoms with Gasteiger partial charge in [0.05, 0.1) is 16.9 Å². The van der Waals surface area contributed by atoms with Crippen molar-refractivity contribution in [2.45, 2.75) is 18.4 Å². The summed E-state index contributed by atoms with van der Waals surface area (Å²) in [6.45, 7) is 1.81. The van der Waals surface area contributed by atoms with Gasteiger partial charge in [-0.1, -0.05) is 18.2 Å². The highest BCUT2D eigenvalue weighted by Gasteiger charge is 2.16. The van der Waals surface area contributed by atoms with Crippen molar-refractivity contribution in [3.05, 3.63) is 108 Å². The molecule has 168 valence electrons. The standard InChI is InChI=1S/C24H21FN4O3S/c1-17-14-21(10-11-22(17)25)33(31,32)28-20-8-6-18(7-9-20)24(30)27-15-19-4-2-3-5-23(19)29-13-12-26-16-29/h2-14,16,28H,15H2,1H3,(H,27,30). The summed E-state index contributed by atoms with van der Waals surface area (Å²) < 4.78 is 42.9. The molecule has 0 saturated heterocycles. The van der Waals surface area contributed by atoms with Crippen molar-refractivity contribution in [1.29, 1.82) is 0 Å². The Morgan fingerprint density at radius 2 is 1.82 bits per heavy atom. The Labute approximate surface area is 191 Å². The number of aryl methyl sites for hydroxylation is 1. The van der Waals surface area contributed by atoms with Gasteiger partial charge in [0.15, 0.2) is 0 Å². The van der Waals surface area contributed by atoms with Crippen LogP contribution in [0.1, 0.15) is 21.5 Å². The highest BCUT2D eigenvalue weighted by atomic mass is 32.2. The number of imidazole rings is 1. The number of nitrogens with one attached hydrogen (secondary N) is 2. The van der Waals surface area contributed by atoms with Gasteiger partial charge < -0.3 is 9.88 Å². The van der Waals surface area contributed by atoms with E-state index in [-0.39, 0.29) is 16.4 Å². The van der Waals surface area contributed by atoms with Crippen molar-refractivity contribution in [2.75, 3.05) is 4.72 Å². The lowest BCUT2D eigenvalue weighted by molar-refractivity contribution is 0.0951. The molecule has 0 aliphatic heterocycles. The molecule has 0 spiro atoms.